The van der Waals surface area contributed by atoms with Crippen LogP contribution >= 0.6 is 0 Å². The molecule has 7 nitrogen and oxygen atoms in total. The van der Waals surface area contributed by atoms with E-state index in [0.717, 1.165) is 66.2 Å². The van der Waals surface area contributed by atoms with Gasteiger partial charge in [0.25, 0.3) is 0 Å². The molecule has 1 fully saturated rings. The Morgan fingerprint density at radius 3 is 2.83 bits per heavy atom. The van der Waals surface area contributed by atoms with Crippen LogP contribution in [0.25, 0.3) is 16.6 Å². The SMILES string of the molecule is COCC1CCCN1CCCc1cc(-c2cccc(OCc3ccccc3)c2)c2c(N)ncnn12. The average Bonchev–Trinajstić information content (AvgIpc) is 3.49. The number of nitrogens with zero attached hydrogens (tertiary/aromatic N) is 4. The van der Waals surface area contributed by atoms with E-state index in [4.69, 9.17) is 15.2 Å². The van der Waals surface area contributed by atoms with E-state index >= 15 is 0 Å². The van der Waals surface area contributed by atoms with Crippen molar-refractivity contribution in [3.05, 3.63) is 78.2 Å². The van der Waals surface area contributed by atoms with Crippen LogP contribution in [0.2, 0.25) is 0 Å². The normalized spacial score (nSPS) is 16.2. The first-order valence-electron chi connectivity index (χ1n) is 12.3. The Labute approximate surface area is 206 Å². The van der Waals surface area contributed by atoms with Gasteiger partial charge < -0.3 is 15.2 Å². The number of anilines is 1. The number of methoxy groups -OCH3 is 1. The standard InChI is InChI=1S/C28H33N5O2/c1-34-19-24-12-7-15-32(24)14-6-11-23-17-26(27-28(29)30-20-31-33(23)27)22-10-5-13-25(16-22)35-18-21-8-3-2-4-9-21/h2-5,8-10,13,16-17,20,24H,6-7,11-12,14-15,18-19H2,1H3,(H2,29,30,31). The molecule has 7 heteroatoms. The van der Waals surface area contributed by atoms with E-state index in [0.29, 0.717) is 18.5 Å². The molecule has 1 aliphatic rings. The number of fused-ring (bicyclic) bond motifs is 1. The van der Waals surface area contributed by atoms with Crippen LogP contribution in [0.5, 0.6) is 5.75 Å². The van der Waals surface area contributed by atoms with Crippen LogP contribution in [0, 0.1) is 0 Å². The predicted molar refractivity (Wildman–Crippen MR) is 138 cm³/mol. The van der Waals surface area contributed by atoms with Gasteiger partial charge in [-0.25, -0.2) is 9.50 Å². The molecule has 1 atom stereocenters. The Balaban J connectivity index is 1.35. The van der Waals surface area contributed by atoms with Crippen LogP contribution in [-0.2, 0) is 17.8 Å². The van der Waals surface area contributed by atoms with Crippen LogP contribution in [0.15, 0.2) is 67.0 Å². The van der Waals surface area contributed by atoms with Gasteiger partial charge in [-0.2, -0.15) is 5.10 Å². The summed E-state index contributed by atoms with van der Waals surface area (Å²) >= 11 is 0. The molecule has 1 saturated heterocycles. The summed E-state index contributed by atoms with van der Waals surface area (Å²) in [5.41, 5.74) is 11.5. The molecule has 35 heavy (non-hydrogen) atoms. The second kappa shape index (κ2) is 10.9. The molecule has 0 saturated carbocycles. The Bertz CT molecular complexity index is 1260. The van der Waals surface area contributed by atoms with Crippen molar-refractivity contribution in [2.45, 2.75) is 38.3 Å². The fourth-order valence-electron chi connectivity index (χ4n) is 5.06. The van der Waals surface area contributed by atoms with Crippen molar-refractivity contribution in [3.63, 3.8) is 0 Å². The second-order valence-electron chi connectivity index (χ2n) is 9.15. The Kier molecular flexibility index (Phi) is 7.25. The van der Waals surface area contributed by atoms with Gasteiger partial charge in [0.15, 0.2) is 5.82 Å². The van der Waals surface area contributed by atoms with Crippen molar-refractivity contribution >= 4 is 11.3 Å². The maximum Gasteiger partial charge on any atom is 0.151 e. The van der Waals surface area contributed by atoms with Crippen LogP contribution in [0.1, 0.15) is 30.5 Å². The molecule has 0 spiro atoms. The smallest absolute Gasteiger partial charge is 0.151 e. The average molecular weight is 472 g/mol. The van der Waals surface area contributed by atoms with E-state index in [2.05, 4.69) is 45.3 Å². The first kappa shape index (κ1) is 23.3. The minimum atomic E-state index is 0.483. The highest BCUT2D eigenvalue weighted by molar-refractivity contribution is 5.88. The maximum absolute atomic E-state index is 6.33. The highest BCUT2D eigenvalue weighted by Crippen LogP contribution is 2.33. The molecule has 182 valence electrons. The number of rotatable bonds is 10. The lowest BCUT2D eigenvalue weighted by Crippen LogP contribution is -2.33. The number of aryl methyl sites for hydroxylation is 1. The van der Waals surface area contributed by atoms with Gasteiger partial charge in [0.05, 0.1) is 6.61 Å². The third kappa shape index (κ3) is 5.31. The second-order valence-corrected chi connectivity index (χ2v) is 9.15. The zero-order chi connectivity index (χ0) is 24.0. The van der Waals surface area contributed by atoms with Gasteiger partial charge >= 0.3 is 0 Å². The fraction of sp³-hybridized carbons (Fsp3) is 0.357. The van der Waals surface area contributed by atoms with Crippen molar-refractivity contribution in [2.75, 3.05) is 32.5 Å². The van der Waals surface area contributed by atoms with E-state index in [1.54, 1.807) is 7.11 Å². The number of nitrogens with two attached hydrogens (primary N) is 1. The molecular formula is C28H33N5O2. The van der Waals surface area contributed by atoms with Crippen molar-refractivity contribution in [2.24, 2.45) is 0 Å². The summed E-state index contributed by atoms with van der Waals surface area (Å²) < 4.78 is 13.4. The van der Waals surface area contributed by atoms with E-state index in [9.17, 15) is 0 Å². The number of hydrogen-bond acceptors (Lipinski definition) is 6. The maximum atomic E-state index is 6.33. The fourth-order valence-corrected chi connectivity index (χ4v) is 5.06. The molecule has 5 rings (SSSR count). The number of hydrogen-bond donors (Lipinski definition) is 1. The largest absolute Gasteiger partial charge is 0.489 e. The molecule has 0 radical (unpaired) electrons. The molecule has 0 aliphatic carbocycles. The van der Waals surface area contributed by atoms with Crippen LogP contribution in [-0.4, -0.2) is 52.3 Å². The van der Waals surface area contributed by atoms with Crippen molar-refractivity contribution in [1.29, 1.82) is 0 Å². The molecule has 4 aromatic rings. The molecule has 2 aromatic heterocycles. The lowest BCUT2D eigenvalue weighted by Gasteiger charge is -2.23. The Morgan fingerprint density at radius 2 is 1.97 bits per heavy atom. The topological polar surface area (TPSA) is 77.9 Å². The van der Waals surface area contributed by atoms with Gasteiger partial charge in [-0.1, -0.05) is 42.5 Å². The zero-order valence-corrected chi connectivity index (χ0v) is 20.3. The summed E-state index contributed by atoms with van der Waals surface area (Å²) in [5.74, 6) is 1.30. The summed E-state index contributed by atoms with van der Waals surface area (Å²) in [7, 11) is 1.79. The highest BCUT2D eigenvalue weighted by Gasteiger charge is 2.24. The monoisotopic (exact) mass is 471 g/mol. The van der Waals surface area contributed by atoms with Gasteiger partial charge in [0, 0.05) is 24.4 Å². The molecular weight excluding hydrogens is 438 g/mol. The van der Waals surface area contributed by atoms with E-state index in [1.807, 2.05) is 34.8 Å². The zero-order valence-electron chi connectivity index (χ0n) is 20.3. The molecule has 1 unspecified atom stereocenters. The van der Waals surface area contributed by atoms with E-state index in [1.165, 1.54) is 19.2 Å². The Hall–Kier alpha value is -3.42. The summed E-state index contributed by atoms with van der Waals surface area (Å²) in [4.78, 5) is 6.82. The molecule has 1 aliphatic heterocycles. The lowest BCUT2D eigenvalue weighted by atomic mass is 10.1. The van der Waals surface area contributed by atoms with Gasteiger partial charge in [0.1, 0.15) is 24.2 Å². The van der Waals surface area contributed by atoms with Gasteiger partial charge in [0.2, 0.25) is 0 Å². The molecule has 3 heterocycles. The number of likely N-dealkylation sites (tertiary alicyclic amines) is 1. The summed E-state index contributed by atoms with van der Waals surface area (Å²) in [6.07, 6.45) is 5.97. The number of benzene rings is 2. The third-order valence-corrected chi connectivity index (χ3v) is 6.79. The van der Waals surface area contributed by atoms with Crippen molar-refractivity contribution in [1.82, 2.24) is 19.5 Å². The Morgan fingerprint density at radius 1 is 1.09 bits per heavy atom. The predicted octanol–water partition coefficient (Wildman–Crippen LogP) is 4.60. The first-order valence-corrected chi connectivity index (χ1v) is 12.3. The van der Waals surface area contributed by atoms with Crippen molar-refractivity contribution in [3.8, 4) is 16.9 Å². The number of nitrogen functional groups attached to an aromatic ring is 1. The lowest BCUT2D eigenvalue weighted by molar-refractivity contribution is 0.115. The van der Waals surface area contributed by atoms with Gasteiger partial charge in [-0.15, -0.1) is 0 Å². The summed E-state index contributed by atoms with van der Waals surface area (Å²) in [6.45, 7) is 3.54. The van der Waals surface area contributed by atoms with Gasteiger partial charge in [-0.05, 0) is 68.1 Å². The number of ether oxygens (including phenoxy) is 2. The van der Waals surface area contributed by atoms with E-state index in [-0.39, 0.29) is 0 Å². The summed E-state index contributed by atoms with van der Waals surface area (Å²) in [6, 6.07) is 21.1. The van der Waals surface area contributed by atoms with E-state index < -0.39 is 0 Å². The molecule has 0 bridgehead atoms. The minimum Gasteiger partial charge on any atom is -0.489 e. The highest BCUT2D eigenvalue weighted by atomic mass is 16.5. The third-order valence-electron chi connectivity index (χ3n) is 6.79. The number of aromatic nitrogens is 3. The quantitative estimate of drug-likeness (QED) is 0.364. The van der Waals surface area contributed by atoms with Crippen LogP contribution in [0.3, 0.4) is 0 Å². The summed E-state index contributed by atoms with van der Waals surface area (Å²) in [5, 5.41) is 4.54. The van der Waals surface area contributed by atoms with Crippen molar-refractivity contribution < 1.29 is 9.47 Å². The molecule has 0 amide bonds. The molecule has 2 N–H and O–H groups in total. The molecule has 2 aromatic carbocycles. The minimum absolute atomic E-state index is 0.483. The van der Waals surface area contributed by atoms with Crippen LogP contribution in [0.4, 0.5) is 5.82 Å². The van der Waals surface area contributed by atoms with Crippen LogP contribution < -0.4 is 10.5 Å². The first-order chi connectivity index (χ1) is 17.2. The van der Waals surface area contributed by atoms with Gasteiger partial charge in [-0.3, -0.25) is 4.90 Å².